The maximum Gasteiger partial charge on any atom is 0.188 e. The summed E-state index contributed by atoms with van der Waals surface area (Å²) in [4.78, 5) is 8.66. The Kier molecular flexibility index (Phi) is 3.93. The number of nitrogens with one attached hydrogen (secondary N) is 1. The minimum atomic E-state index is 0.463. The molecule has 0 unspecified atom stereocenters. The van der Waals surface area contributed by atoms with Gasteiger partial charge < -0.3 is 5.32 Å². The SMILES string of the molecule is Clc1ccc2nc(Nc3ccc(-c4nnc5c(Cl)cncn45)cc3)sc2c1. The fourth-order valence-corrected chi connectivity index (χ4v) is 4.11. The van der Waals surface area contributed by atoms with Crippen molar-refractivity contribution in [3.63, 3.8) is 0 Å². The minimum Gasteiger partial charge on any atom is -0.332 e. The van der Waals surface area contributed by atoms with E-state index in [1.165, 1.54) is 0 Å². The molecule has 3 aromatic heterocycles. The second-order valence-electron chi connectivity index (χ2n) is 5.79. The van der Waals surface area contributed by atoms with Gasteiger partial charge in [-0.05, 0) is 42.5 Å². The zero-order chi connectivity index (χ0) is 18.4. The molecular formula is C18H10Cl2N6S. The van der Waals surface area contributed by atoms with Crippen molar-refractivity contribution in [2.75, 3.05) is 5.32 Å². The lowest BCUT2D eigenvalue weighted by Crippen LogP contribution is -1.92. The summed E-state index contributed by atoms with van der Waals surface area (Å²) in [5, 5.41) is 13.6. The maximum atomic E-state index is 6.11. The van der Waals surface area contributed by atoms with Crippen LogP contribution < -0.4 is 5.32 Å². The molecule has 5 rings (SSSR count). The van der Waals surface area contributed by atoms with Gasteiger partial charge in [-0.15, -0.1) is 10.2 Å². The fraction of sp³-hybridized carbons (Fsp3) is 0. The number of halogens is 2. The summed E-state index contributed by atoms with van der Waals surface area (Å²) < 4.78 is 2.81. The molecule has 0 bridgehead atoms. The Morgan fingerprint density at radius 2 is 1.85 bits per heavy atom. The van der Waals surface area contributed by atoms with Crippen LogP contribution in [0.1, 0.15) is 0 Å². The van der Waals surface area contributed by atoms with Gasteiger partial charge in [-0.2, -0.15) is 0 Å². The van der Waals surface area contributed by atoms with Crippen LogP contribution in [0.5, 0.6) is 0 Å². The highest BCUT2D eigenvalue weighted by Gasteiger charge is 2.11. The largest absolute Gasteiger partial charge is 0.332 e. The lowest BCUT2D eigenvalue weighted by atomic mass is 10.2. The highest BCUT2D eigenvalue weighted by atomic mass is 35.5. The molecule has 5 aromatic rings. The summed E-state index contributed by atoms with van der Waals surface area (Å²) in [6.07, 6.45) is 3.20. The van der Waals surface area contributed by atoms with E-state index in [2.05, 4.69) is 25.5 Å². The van der Waals surface area contributed by atoms with Crippen molar-refractivity contribution in [1.29, 1.82) is 0 Å². The molecule has 3 heterocycles. The third-order valence-corrected chi connectivity index (χ3v) is 5.46. The molecular weight excluding hydrogens is 403 g/mol. The van der Waals surface area contributed by atoms with Crippen LogP contribution in [0.3, 0.4) is 0 Å². The molecule has 2 aromatic carbocycles. The van der Waals surface area contributed by atoms with Gasteiger partial charge in [0.15, 0.2) is 16.6 Å². The normalized spacial score (nSPS) is 11.3. The van der Waals surface area contributed by atoms with Crippen molar-refractivity contribution < 1.29 is 0 Å². The van der Waals surface area contributed by atoms with Crippen LogP contribution in [0.25, 0.3) is 27.3 Å². The van der Waals surface area contributed by atoms with Gasteiger partial charge >= 0.3 is 0 Å². The van der Waals surface area contributed by atoms with Crippen molar-refractivity contribution in [2.24, 2.45) is 0 Å². The van der Waals surface area contributed by atoms with Crippen LogP contribution in [0.4, 0.5) is 10.8 Å². The van der Waals surface area contributed by atoms with Crippen molar-refractivity contribution in [1.82, 2.24) is 24.6 Å². The van der Waals surface area contributed by atoms with Crippen LogP contribution in [-0.2, 0) is 0 Å². The quantitative estimate of drug-likeness (QED) is 0.426. The first-order chi connectivity index (χ1) is 13.2. The summed E-state index contributed by atoms with van der Waals surface area (Å²) >= 11 is 13.7. The van der Waals surface area contributed by atoms with Crippen molar-refractivity contribution in [2.45, 2.75) is 0 Å². The van der Waals surface area contributed by atoms with Crippen molar-refractivity contribution in [3.05, 3.63) is 65.0 Å². The van der Waals surface area contributed by atoms with Gasteiger partial charge in [-0.3, -0.25) is 4.40 Å². The predicted octanol–water partition coefficient (Wildman–Crippen LogP) is 5.45. The Balaban J connectivity index is 1.44. The lowest BCUT2D eigenvalue weighted by Gasteiger charge is -2.04. The van der Waals surface area contributed by atoms with Gasteiger partial charge in [0.25, 0.3) is 0 Å². The van der Waals surface area contributed by atoms with E-state index in [0.29, 0.717) is 21.5 Å². The molecule has 9 heteroatoms. The van der Waals surface area contributed by atoms with Gasteiger partial charge in [0.1, 0.15) is 11.3 Å². The molecule has 0 saturated carbocycles. The summed E-state index contributed by atoms with van der Waals surface area (Å²) in [5.41, 5.74) is 3.34. The first kappa shape index (κ1) is 16.4. The predicted molar refractivity (Wildman–Crippen MR) is 109 cm³/mol. The number of hydrogen-bond donors (Lipinski definition) is 1. The molecule has 0 aliphatic rings. The topological polar surface area (TPSA) is 68.0 Å². The number of aromatic nitrogens is 5. The monoisotopic (exact) mass is 412 g/mol. The summed E-state index contributed by atoms with van der Waals surface area (Å²) in [7, 11) is 0. The lowest BCUT2D eigenvalue weighted by molar-refractivity contribution is 1.08. The van der Waals surface area contributed by atoms with Gasteiger partial charge in [-0.25, -0.2) is 9.97 Å². The number of nitrogens with zero attached hydrogens (tertiary/aromatic N) is 5. The smallest absolute Gasteiger partial charge is 0.188 e. The average molecular weight is 413 g/mol. The average Bonchev–Trinajstić information content (AvgIpc) is 3.26. The third kappa shape index (κ3) is 2.99. The first-order valence-corrected chi connectivity index (χ1v) is 9.52. The van der Waals surface area contributed by atoms with E-state index < -0.39 is 0 Å². The molecule has 0 fully saturated rings. The number of benzene rings is 2. The van der Waals surface area contributed by atoms with E-state index in [9.17, 15) is 0 Å². The Hall–Kier alpha value is -2.74. The molecule has 0 saturated heterocycles. The molecule has 0 spiro atoms. The Bertz CT molecular complexity index is 1280. The maximum absolute atomic E-state index is 6.11. The first-order valence-electron chi connectivity index (χ1n) is 7.95. The molecule has 0 atom stereocenters. The summed E-state index contributed by atoms with van der Waals surface area (Å²) in [6.45, 7) is 0. The molecule has 0 amide bonds. The van der Waals surface area contributed by atoms with Gasteiger partial charge in [0.05, 0.1) is 16.4 Å². The van der Waals surface area contributed by atoms with Crippen LogP contribution in [0.2, 0.25) is 10.0 Å². The van der Waals surface area contributed by atoms with Crippen molar-refractivity contribution in [3.8, 4) is 11.4 Å². The number of rotatable bonds is 3. The zero-order valence-corrected chi connectivity index (χ0v) is 15.9. The Labute approximate surface area is 167 Å². The highest BCUT2D eigenvalue weighted by Crippen LogP contribution is 2.31. The van der Waals surface area contributed by atoms with E-state index >= 15 is 0 Å². The molecule has 0 aliphatic heterocycles. The van der Waals surface area contributed by atoms with Crippen LogP contribution in [0.15, 0.2) is 55.0 Å². The van der Waals surface area contributed by atoms with Crippen LogP contribution in [-0.4, -0.2) is 24.6 Å². The number of thiazole rings is 1. The molecule has 6 nitrogen and oxygen atoms in total. The number of fused-ring (bicyclic) bond motifs is 2. The third-order valence-electron chi connectivity index (χ3n) is 4.02. The second kappa shape index (κ2) is 6.45. The fourth-order valence-electron chi connectivity index (χ4n) is 2.76. The van der Waals surface area contributed by atoms with Gasteiger partial charge in [-0.1, -0.05) is 34.5 Å². The standard InChI is InChI=1S/C18H10Cl2N6S/c19-11-3-6-14-15(7-11)27-18(23-14)22-12-4-1-10(2-5-12)16-24-25-17-13(20)8-21-9-26(16)17/h1-9H,(H,22,23). The van der Waals surface area contributed by atoms with E-state index in [-0.39, 0.29) is 0 Å². The van der Waals surface area contributed by atoms with E-state index in [4.69, 9.17) is 23.2 Å². The molecule has 0 radical (unpaired) electrons. The van der Waals surface area contributed by atoms with E-state index in [0.717, 1.165) is 26.6 Å². The van der Waals surface area contributed by atoms with Crippen LogP contribution >= 0.6 is 34.5 Å². The number of hydrogen-bond acceptors (Lipinski definition) is 6. The van der Waals surface area contributed by atoms with Crippen LogP contribution in [0, 0.1) is 0 Å². The molecule has 1 N–H and O–H groups in total. The summed E-state index contributed by atoms with van der Waals surface area (Å²) in [5.74, 6) is 0.682. The second-order valence-corrected chi connectivity index (χ2v) is 7.67. The van der Waals surface area contributed by atoms with E-state index in [1.807, 2.05) is 42.5 Å². The van der Waals surface area contributed by atoms with Gasteiger partial charge in [0.2, 0.25) is 0 Å². The summed E-state index contributed by atoms with van der Waals surface area (Å²) in [6, 6.07) is 13.5. The highest BCUT2D eigenvalue weighted by molar-refractivity contribution is 7.22. The Morgan fingerprint density at radius 1 is 1.00 bits per heavy atom. The Morgan fingerprint density at radius 3 is 2.70 bits per heavy atom. The number of anilines is 2. The van der Waals surface area contributed by atoms with E-state index in [1.54, 1.807) is 28.3 Å². The zero-order valence-electron chi connectivity index (χ0n) is 13.6. The molecule has 0 aliphatic carbocycles. The van der Waals surface area contributed by atoms with Crippen molar-refractivity contribution >= 4 is 61.2 Å². The molecule has 132 valence electrons. The minimum absolute atomic E-state index is 0.463. The molecule has 27 heavy (non-hydrogen) atoms. The van der Waals surface area contributed by atoms with Gasteiger partial charge in [0, 0.05) is 16.3 Å².